The molecule has 10 nitrogen and oxygen atoms in total. The van der Waals surface area contributed by atoms with Gasteiger partial charge in [0.25, 0.3) is 0 Å². The summed E-state index contributed by atoms with van der Waals surface area (Å²) in [6, 6.07) is 0.396. The average Bonchev–Trinajstić information content (AvgIpc) is 3.18. The third-order valence-corrected chi connectivity index (χ3v) is 3.79. The van der Waals surface area contributed by atoms with E-state index in [0.29, 0.717) is 23.0 Å². The van der Waals surface area contributed by atoms with Gasteiger partial charge in [-0.25, -0.2) is 15.0 Å². The van der Waals surface area contributed by atoms with Gasteiger partial charge in [-0.2, -0.15) is 0 Å². The number of aliphatic hydroxyl groups is 1. The van der Waals surface area contributed by atoms with Crippen molar-refractivity contribution >= 4 is 24.6 Å². The molecule has 0 amide bonds. The molecule has 126 valence electrons. The van der Waals surface area contributed by atoms with Crippen LogP contribution in [0.25, 0.3) is 11.2 Å². The summed E-state index contributed by atoms with van der Waals surface area (Å²) in [6.45, 7) is -0.154. The van der Waals surface area contributed by atoms with E-state index < -0.39 is 20.0 Å². The summed E-state index contributed by atoms with van der Waals surface area (Å²) in [5.41, 5.74) is 1.16. The van der Waals surface area contributed by atoms with E-state index in [2.05, 4.69) is 20.3 Å². The third-order valence-electron chi connectivity index (χ3n) is 3.29. The second-order valence-electron chi connectivity index (χ2n) is 5.47. The number of hydrogen-bond donors (Lipinski definition) is 2. The summed E-state index contributed by atoms with van der Waals surface area (Å²) >= 11 is 0. The van der Waals surface area contributed by atoms with Crippen LogP contribution in [0.2, 0.25) is 0 Å². The van der Waals surface area contributed by atoms with Crippen molar-refractivity contribution in [1.29, 1.82) is 0 Å². The smallest absolute Gasteiger partial charge is 0.809 e. The van der Waals surface area contributed by atoms with Gasteiger partial charge in [0.2, 0.25) is 0 Å². The van der Waals surface area contributed by atoms with Crippen LogP contribution in [0.5, 0.6) is 0 Å². The molecule has 0 aliphatic heterocycles. The van der Waals surface area contributed by atoms with Crippen LogP contribution in [-0.2, 0) is 15.8 Å². The molecule has 0 aromatic carbocycles. The van der Waals surface area contributed by atoms with Gasteiger partial charge in [0.15, 0.2) is 11.5 Å². The minimum absolute atomic E-state index is 0. The zero-order valence-electron chi connectivity index (χ0n) is 14.2. The van der Waals surface area contributed by atoms with Crippen molar-refractivity contribution in [2.24, 2.45) is 0 Å². The van der Waals surface area contributed by atoms with E-state index in [0.717, 1.165) is 12.8 Å². The quantitative estimate of drug-likeness (QED) is 0.333. The second-order valence-corrected chi connectivity index (χ2v) is 6.95. The molecule has 3 rings (SSSR count). The van der Waals surface area contributed by atoms with Crippen molar-refractivity contribution in [3.8, 4) is 0 Å². The Hall–Kier alpha value is 0.420. The number of aromatic nitrogens is 4. The van der Waals surface area contributed by atoms with Gasteiger partial charge in [-0.3, -0.25) is 0 Å². The number of rotatable bonds is 8. The number of aliphatic hydroxyl groups excluding tert-OH is 1. The van der Waals surface area contributed by atoms with Crippen molar-refractivity contribution in [3.63, 3.8) is 0 Å². The number of ether oxygens (including phenoxy) is 1. The first-order valence-corrected chi connectivity index (χ1v) is 8.84. The van der Waals surface area contributed by atoms with Gasteiger partial charge in [0.1, 0.15) is 11.8 Å². The first-order chi connectivity index (χ1) is 10.9. The van der Waals surface area contributed by atoms with Crippen LogP contribution in [0.1, 0.15) is 12.8 Å². The van der Waals surface area contributed by atoms with Crippen LogP contribution < -0.4 is 74.2 Å². The molecule has 2 heterocycles. The van der Waals surface area contributed by atoms with Crippen LogP contribution in [0.15, 0.2) is 12.7 Å². The van der Waals surface area contributed by atoms with Crippen molar-refractivity contribution in [2.45, 2.75) is 31.5 Å². The molecule has 13 heteroatoms. The summed E-state index contributed by atoms with van der Waals surface area (Å²) in [6.07, 6.45) is 3.18. The molecule has 0 radical (unpaired) electrons. The van der Waals surface area contributed by atoms with Gasteiger partial charge in [0, 0.05) is 6.04 Å². The Morgan fingerprint density at radius 3 is 2.72 bits per heavy atom. The van der Waals surface area contributed by atoms with Gasteiger partial charge < -0.3 is 34.1 Å². The SMILES string of the molecule is O=P([O-])([O-])COCC(O)Cn1cnc2ncnc(NC3CC3)c21.[Na+].[Na+]. The molecular formula is C12H16N5Na2O5P. The molecule has 1 fully saturated rings. The van der Waals surface area contributed by atoms with Crippen molar-refractivity contribution in [1.82, 2.24) is 19.5 Å². The van der Waals surface area contributed by atoms with Crippen molar-refractivity contribution < 1.29 is 83.3 Å². The van der Waals surface area contributed by atoms with Gasteiger partial charge in [0.05, 0.1) is 31.9 Å². The Morgan fingerprint density at radius 2 is 2.08 bits per heavy atom. The van der Waals surface area contributed by atoms with Crippen LogP contribution >= 0.6 is 7.60 Å². The Labute approximate surface area is 188 Å². The van der Waals surface area contributed by atoms with E-state index in [4.69, 9.17) is 4.74 Å². The predicted octanol–water partition coefficient (Wildman–Crippen LogP) is -7.34. The Kier molecular flexibility index (Phi) is 9.48. The van der Waals surface area contributed by atoms with Gasteiger partial charge in [-0.1, -0.05) is 0 Å². The van der Waals surface area contributed by atoms with Gasteiger partial charge >= 0.3 is 59.1 Å². The van der Waals surface area contributed by atoms with E-state index in [9.17, 15) is 19.5 Å². The molecule has 0 bridgehead atoms. The topological polar surface area (TPSA) is 148 Å². The zero-order chi connectivity index (χ0) is 16.4. The summed E-state index contributed by atoms with van der Waals surface area (Å²) < 4.78 is 16.9. The molecule has 2 N–H and O–H groups in total. The molecule has 0 spiro atoms. The van der Waals surface area contributed by atoms with Gasteiger partial charge in [-0.05, 0) is 20.4 Å². The molecule has 1 aliphatic rings. The predicted molar refractivity (Wildman–Crippen MR) is 76.4 cm³/mol. The largest absolute Gasteiger partial charge is 1.00 e. The molecule has 2 aromatic rings. The maximum absolute atomic E-state index is 10.5. The van der Waals surface area contributed by atoms with Crippen LogP contribution in [0, 0.1) is 0 Å². The molecule has 1 aliphatic carbocycles. The normalized spacial score (nSPS) is 15.3. The van der Waals surface area contributed by atoms with E-state index in [1.807, 2.05) is 0 Å². The fourth-order valence-electron chi connectivity index (χ4n) is 2.16. The number of fused-ring (bicyclic) bond motifs is 1. The van der Waals surface area contributed by atoms with Crippen LogP contribution in [0.3, 0.4) is 0 Å². The Balaban J connectivity index is 0.00000156. The third kappa shape index (κ3) is 7.15. The molecule has 1 saturated carbocycles. The molecular weight excluding hydrogens is 371 g/mol. The van der Waals surface area contributed by atoms with Crippen molar-refractivity contribution in [2.75, 3.05) is 18.3 Å². The van der Waals surface area contributed by atoms with E-state index >= 15 is 0 Å². The first-order valence-electron chi connectivity index (χ1n) is 7.11. The standard InChI is InChI=1S/C12H18N5O5P.2Na/c18-9(4-22-7-23(19,20)21)3-17-6-15-11-10(17)12(14-5-13-11)16-8-1-2-8;;/h5-6,8-9,18H,1-4,7H2,(H,13,14,16)(H2,19,20,21);;/q;2*+1/p-2. The molecule has 1 unspecified atom stereocenters. The maximum Gasteiger partial charge on any atom is 1.00 e. The minimum atomic E-state index is -4.73. The Morgan fingerprint density at radius 1 is 1.36 bits per heavy atom. The summed E-state index contributed by atoms with van der Waals surface area (Å²) in [5.74, 6) is 0.645. The molecule has 0 saturated heterocycles. The van der Waals surface area contributed by atoms with Gasteiger partial charge in [-0.15, -0.1) is 0 Å². The number of hydrogen-bond acceptors (Lipinski definition) is 9. The molecule has 2 aromatic heterocycles. The zero-order valence-corrected chi connectivity index (χ0v) is 19.1. The van der Waals surface area contributed by atoms with Crippen LogP contribution in [-0.4, -0.2) is 49.7 Å². The number of nitrogens with one attached hydrogen (secondary N) is 1. The first kappa shape index (κ1) is 23.5. The Bertz CT molecular complexity index is 738. The van der Waals surface area contributed by atoms with E-state index in [1.54, 1.807) is 4.57 Å². The second kappa shape index (κ2) is 10.1. The van der Waals surface area contributed by atoms with Crippen LogP contribution in [0.4, 0.5) is 5.82 Å². The maximum atomic E-state index is 10.5. The monoisotopic (exact) mass is 387 g/mol. The average molecular weight is 387 g/mol. The fourth-order valence-corrected chi connectivity index (χ4v) is 2.48. The number of imidazole rings is 1. The van der Waals surface area contributed by atoms with Crippen molar-refractivity contribution in [3.05, 3.63) is 12.7 Å². The minimum Gasteiger partial charge on any atom is -0.809 e. The molecule has 1 atom stereocenters. The summed E-state index contributed by atoms with van der Waals surface area (Å²) in [4.78, 5) is 33.4. The van der Waals surface area contributed by atoms with E-state index in [1.165, 1.54) is 12.7 Å². The fraction of sp³-hybridized carbons (Fsp3) is 0.583. The number of anilines is 1. The summed E-state index contributed by atoms with van der Waals surface area (Å²) in [7, 11) is -4.73. The van der Waals surface area contributed by atoms with E-state index in [-0.39, 0.29) is 72.3 Å². The number of nitrogens with zero attached hydrogens (tertiary/aromatic N) is 4. The molecule has 25 heavy (non-hydrogen) atoms. The summed E-state index contributed by atoms with van der Waals surface area (Å²) in [5, 5.41) is 13.2.